The fraction of sp³-hybridized carbons (Fsp3) is 0.500. The molecule has 5 heteroatoms. The van der Waals surface area contributed by atoms with Crippen molar-refractivity contribution >= 4 is 17.1 Å². The largest absolute Gasteiger partial charge is 0.423 e. The van der Waals surface area contributed by atoms with Crippen LogP contribution >= 0.6 is 0 Å². The molecular weight excluding hydrogens is 245 g/mol. The van der Waals surface area contributed by atoms with Gasteiger partial charge in [-0.2, -0.15) is 4.98 Å². The van der Waals surface area contributed by atoms with Gasteiger partial charge < -0.3 is 14.2 Å². The van der Waals surface area contributed by atoms with Crippen LogP contribution in [0.25, 0.3) is 11.1 Å². The van der Waals surface area contributed by atoms with Gasteiger partial charge in [0.05, 0.1) is 0 Å². The number of hydrogen-bond acceptors (Lipinski definition) is 4. The molecule has 102 valence electrons. The third-order valence-electron chi connectivity index (χ3n) is 3.89. The van der Waals surface area contributed by atoms with Crippen LogP contribution in [0.1, 0.15) is 13.3 Å². The molecule has 0 amide bonds. The van der Waals surface area contributed by atoms with E-state index in [2.05, 4.69) is 28.8 Å². The number of anilines is 1. The van der Waals surface area contributed by atoms with E-state index in [-0.39, 0.29) is 5.82 Å². The van der Waals surface area contributed by atoms with Crippen LogP contribution in [-0.2, 0) is 0 Å². The Kier molecular flexibility index (Phi) is 3.14. The van der Waals surface area contributed by atoms with Crippen molar-refractivity contribution in [3.63, 3.8) is 0 Å². The first-order valence-electron chi connectivity index (χ1n) is 6.68. The van der Waals surface area contributed by atoms with Crippen LogP contribution in [0.15, 0.2) is 22.6 Å². The van der Waals surface area contributed by atoms with E-state index in [1.165, 1.54) is 12.1 Å². The van der Waals surface area contributed by atoms with E-state index < -0.39 is 0 Å². The van der Waals surface area contributed by atoms with Crippen molar-refractivity contribution in [2.75, 3.05) is 31.6 Å². The maximum Gasteiger partial charge on any atom is 0.298 e. The second-order valence-corrected chi connectivity index (χ2v) is 5.07. The minimum Gasteiger partial charge on any atom is -0.423 e. The lowest BCUT2D eigenvalue weighted by Crippen LogP contribution is -2.34. The summed E-state index contributed by atoms with van der Waals surface area (Å²) in [6.07, 6.45) is 1.11. The Morgan fingerprint density at radius 3 is 3.16 bits per heavy atom. The van der Waals surface area contributed by atoms with Crippen molar-refractivity contribution in [2.45, 2.75) is 19.4 Å². The normalized spacial score (nSPS) is 19.8. The molecule has 1 aromatic carbocycles. The first-order chi connectivity index (χ1) is 9.17. The molecule has 3 rings (SSSR count). The first-order valence-corrected chi connectivity index (χ1v) is 6.68. The lowest BCUT2D eigenvalue weighted by atomic mass is 10.2. The van der Waals surface area contributed by atoms with Crippen molar-refractivity contribution in [2.24, 2.45) is 0 Å². The summed E-state index contributed by atoms with van der Waals surface area (Å²) in [7, 11) is 2.13. The van der Waals surface area contributed by atoms with Gasteiger partial charge in [0, 0.05) is 25.2 Å². The zero-order valence-corrected chi connectivity index (χ0v) is 11.3. The summed E-state index contributed by atoms with van der Waals surface area (Å²) in [5.41, 5.74) is 1.23. The molecule has 1 fully saturated rings. The Hall–Kier alpha value is -1.62. The molecule has 1 unspecified atom stereocenters. The fourth-order valence-electron chi connectivity index (χ4n) is 2.56. The number of halogens is 1. The molecule has 0 aliphatic carbocycles. The minimum atomic E-state index is -0.280. The van der Waals surface area contributed by atoms with Gasteiger partial charge in [0.15, 0.2) is 5.58 Å². The highest BCUT2D eigenvalue weighted by Crippen LogP contribution is 2.26. The molecule has 1 saturated heterocycles. The molecule has 4 nitrogen and oxygen atoms in total. The smallest absolute Gasteiger partial charge is 0.298 e. The van der Waals surface area contributed by atoms with Gasteiger partial charge in [-0.3, -0.25) is 0 Å². The van der Waals surface area contributed by atoms with E-state index in [9.17, 15) is 4.39 Å². The Balaban J connectivity index is 1.81. The Bertz CT molecular complexity index is 583. The maximum absolute atomic E-state index is 13.1. The Labute approximate surface area is 111 Å². The zero-order valence-electron chi connectivity index (χ0n) is 11.3. The predicted octanol–water partition coefficient (Wildman–Crippen LogP) is 2.50. The Morgan fingerprint density at radius 2 is 2.37 bits per heavy atom. The van der Waals surface area contributed by atoms with Gasteiger partial charge >= 0.3 is 0 Å². The van der Waals surface area contributed by atoms with Crippen LogP contribution < -0.4 is 4.90 Å². The summed E-state index contributed by atoms with van der Waals surface area (Å²) in [6, 6.07) is 5.58. The van der Waals surface area contributed by atoms with Gasteiger partial charge in [0.25, 0.3) is 6.01 Å². The summed E-state index contributed by atoms with van der Waals surface area (Å²) in [5, 5.41) is 0. The van der Waals surface area contributed by atoms with Gasteiger partial charge in [0.1, 0.15) is 11.3 Å². The van der Waals surface area contributed by atoms with E-state index in [1.807, 2.05) is 0 Å². The molecular formula is C14H18FN3O. The highest BCUT2D eigenvalue weighted by molar-refractivity contribution is 5.74. The van der Waals surface area contributed by atoms with Crippen molar-refractivity contribution in [1.82, 2.24) is 9.88 Å². The monoisotopic (exact) mass is 263 g/mol. The highest BCUT2D eigenvalue weighted by atomic mass is 19.1. The molecule has 19 heavy (non-hydrogen) atoms. The molecule has 0 bridgehead atoms. The molecule has 1 atom stereocenters. The lowest BCUT2D eigenvalue weighted by Gasteiger charge is -2.22. The number of oxazole rings is 1. The van der Waals surface area contributed by atoms with Gasteiger partial charge in [-0.15, -0.1) is 0 Å². The van der Waals surface area contributed by atoms with Crippen molar-refractivity contribution in [3.8, 4) is 0 Å². The highest BCUT2D eigenvalue weighted by Gasteiger charge is 2.27. The van der Waals surface area contributed by atoms with Crippen molar-refractivity contribution in [3.05, 3.63) is 24.0 Å². The summed E-state index contributed by atoms with van der Waals surface area (Å²) in [6.45, 7) is 5.05. The number of fused-ring (bicyclic) bond motifs is 1. The first kappa shape index (κ1) is 12.4. The van der Waals surface area contributed by atoms with E-state index in [4.69, 9.17) is 4.42 Å². The number of rotatable bonds is 3. The van der Waals surface area contributed by atoms with Crippen molar-refractivity contribution < 1.29 is 8.81 Å². The van der Waals surface area contributed by atoms with Crippen LogP contribution in [0.5, 0.6) is 0 Å². The molecule has 0 saturated carbocycles. The molecule has 1 aliphatic heterocycles. The number of likely N-dealkylation sites (N-methyl/N-ethyl adjacent to an activating group) is 1. The van der Waals surface area contributed by atoms with Crippen molar-refractivity contribution in [1.29, 1.82) is 0 Å². The topological polar surface area (TPSA) is 32.5 Å². The van der Waals surface area contributed by atoms with Gasteiger partial charge in [0.2, 0.25) is 0 Å². The SMILES string of the molecule is CCN(C)C1CCN(c2nc3cc(F)ccc3o2)C1. The number of nitrogens with zero attached hydrogens (tertiary/aromatic N) is 3. The van der Waals surface area contributed by atoms with E-state index in [0.29, 0.717) is 23.2 Å². The van der Waals surface area contributed by atoms with Crippen LogP contribution in [-0.4, -0.2) is 42.6 Å². The molecule has 0 spiro atoms. The zero-order chi connectivity index (χ0) is 13.4. The maximum atomic E-state index is 13.1. The third-order valence-corrected chi connectivity index (χ3v) is 3.89. The van der Waals surface area contributed by atoms with E-state index >= 15 is 0 Å². The molecule has 0 radical (unpaired) electrons. The Morgan fingerprint density at radius 1 is 1.53 bits per heavy atom. The number of hydrogen-bond donors (Lipinski definition) is 0. The molecule has 2 aromatic rings. The van der Waals surface area contributed by atoms with E-state index in [0.717, 1.165) is 26.1 Å². The molecule has 1 aromatic heterocycles. The average molecular weight is 263 g/mol. The molecule has 2 heterocycles. The quantitative estimate of drug-likeness (QED) is 0.851. The fourth-order valence-corrected chi connectivity index (χ4v) is 2.56. The summed E-state index contributed by atoms with van der Waals surface area (Å²) >= 11 is 0. The van der Waals surface area contributed by atoms with Crippen LogP contribution in [0.3, 0.4) is 0 Å². The third kappa shape index (κ3) is 2.30. The van der Waals surface area contributed by atoms with Gasteiger partial charge in [-0.05, 0) is 32.1 Å². The lowest BCUT2D eigenvalue weighted by molar-refractivity contribution is 0.272. The number of aromatic nitrogens is 1. The van der Waals surface area contributed by atoms with Gasteiger partial charge in [-0.1, -0.05) is 6.92 Å². The average Bonchev–Trinajstić information content (AvgIpc) is 3.03. The second kappa shape index (κ2) is 4.81. The van der Waals surface area contributed by atoms with Crippen LogP contribution in [0.4, 0.5) is 10.4 Å². The van der Waals surface area contributed by atoms with Gasteiger partial charge in [-0.25, -0.2) is 4.39 Å². The predicted molar refractivity (Wildman–Crippen MR) is 72.9 cm³/mol. The van der Waals surface area contributed by atoms with E-state index in [1.54, 1.807) is 6.07 Å². The molecule has 1 aliphatic rings. The second-order valence-electron chi connectivity index (χ2n) is 5.07. The molecule has 0 N–H and O–H groups in total. The summed E-state index contributed by atoms with van der Waals surface area (Å²) in [5.74, 6) is -0.280. The minimum absolute atomic E-state index is 0.280. The standard InChI is InChI=1S/C14H18FN3O/c1-3-17(2)11-6-7-18(9-11)14-16-12-8-10(15)4-5-13(12)19-14/h4-5,8,11H,3,6-7,9H2,1-2H3. The number of benzene rings is 1. The van der Waals surface area contributed by atoms with Crippen LogP contribution in [0.2, 0.25) is 0 Å². The van der Waals surface area contributed by atoms with Crippen LogP contribution in [0, 0.1) is 5.82 Å². The summed E-state index contributed by atoms with van der Waals surface area (Å²) in [4.78, 5) is 8.85. The summed E-state index contributed by atoms with van der Waals surface area (Å²) < 4.78 is 18.8.